The molecule has 0 aliphatic carbocycles. The number of nitrogens with one attached hydrogen (secondary N) is 2. The lowest BCUT2D eigenvalue weighted by Gasteiger charge is -2.10. The van der Waals surface area contributed by atoms with Crippen molar-refractivity contribution < 1.29 is 9.21 Å². The Balaban J connectivity index is 1.30. The molecule has 0 atom stereocenters. The van der Waals surface area contributed by atoms with Gasteiger partial charge in [-0.3, -0.25) is 10.1 Å². The zero-order chi connectivity index (χ0) is 24.5. The third-order valence-corrected chi connectivity index (χ3v) is 6.31. The molecule has 0 aliphatic rings. The first-order valence-electron chi connectivity index (χ1n) is 10.2. The molecule has 0 spiro atoms. The van der Waals surface area contributed by atoms with Crippen molar-refractivity contribution >= 4 is 74.8 Å². The van der Waals surface area contributed by atoms with Gasteiger partial charge in [-0.05, 0) is 60.7 Å². The average Bonchev–Trinajstić information content (AvgIpc) is 3.49. The number of fused-ring (bicyclic) bond motifs is 1. The molecule has 5 aromatic rings. The van der Waals surface area contributed by atoms with Gasteiger partial charge in [0, 0.05) is 5.56 Å². The second kappa shape index (κ2) is 9.67. The molecule has 2 heterocycles. The highest BCUT2D eigenvalue weighted by molar-refractivity contribution is 7.80. The van der Waals surface area contributed by atoms with Crippen molar-refractivity contribution in [3.63, 3.8) is 0 Å². The Labute approximate surface area is 219 Å². The van der Waals surface area contributed by atoms with Gasteiger partial charge in [0.1, 0.15) is 16.8 Å². The number of carbonyl (C=O) groups is 1. The summed E-state index contributed by atoms with van der Waals surface area (Å²) >= 11 is 24.0. The molecule has 1 amide bonds. The fourth-order valence-corrected chi connectivity index (χ4v) is 4.13. The molecule has 0 saturated carbocycles. The Kier molecular flexibility index (Phi) is 6.44. The number of thiocarbonyl (C=S) groups is 1. The van der Waals surface area contributed by atoms with Crippen LogP contribution in [0, 0.1) is 0 Å². The number of aromatic nitrogens is 3. The third kappa shape index (κ3) is 4.87. The van der Waals surface area contributed by atoms with Crippen LogP contribution in [0.15, 0.2) is 77.2 Å². The monoisotopic (exact) mass is 541 g/mol. The summed E-state index contributed by atoms with van der Waals surface area (Å²) in [7, 11) is 0. The average molecular weight is 543 g/mol. The molecule has 0 aliphatic heterocycles. The maximum Gasteiger partial charge on any atom is 0.293 e. The number of benzene rings is 3. The Morgan fingerprint density at radius 1 is 0.886 bits per heavy atom. The van der Waals surface area contributed by atoms with E-state index in [1.54, 1.807) is 36.4 Å². The Bertz CT molecular complexity index is 1580. The first-order valence-corrected chi connectivity index (χ1v) is 11.7. The SMILES string of the molecule is O=C(NC(=S)Nc1cc2nn(-c3ccccc3)nc2cc1Cl)c1ccc(-c2cccc(Cl)c2Cl)o1. The molecule has 35 heavy (non-hydrogen) atoms. The topological polar surface area (TPSA) is 85.0 Å². The highest BCUT2D eigenvalue weighted by Gasteiger charge is 2.17. The van der Waals surface area contributed by atoms with Crippen molar-refractivity contribution in [2.75, 3.05) is 5.32 Å². The Morgan fingerprint density at radius 3 is 2.40 bits per heavy atom. The molecule has 2 aromatic heterocycles. The van der Waals surface area contributed by atoms with E-state index < -0.39 is 5.91 Å². The fourth-order valence-electron chi connectivity index (χ4n) is 3.33. The molecule has 5 rings (SSSR count). The highest BCUT2D eigenvalue weighted by atomic mass is 35.5. The molecular weight excluding hydrogens is 529 g/mol. The van der Waals surface area contributed by atoms with Crippen molar-refractivity contribution in [1.29, 1.82) is 0 Å². The van der Waals surface area contributed by atoms with Gasteiger partial charge in [0.05, 0.1) is 26.4 Å². The van der Waals surface area contributed by atoms with Crippen molar-refractivity contribution in [2.45, 2.75) is 0 Å². The lowest BCUT2D eigenvalue weighted by atomic mass is 10.2. The van der Waals surface area contributed by atoms with Crippen molar-refractivity contribution in [1.82, 2.24) is 20.3 Å². The van der Waals surface area contributed by atoms with Gasteiger partial charge in [0.2, 0.25) is 0 Å². The van der Waals surface area contributed by atoms with Crippen molar-refractivity contribution in [3.8, 4) is 17.0 Å². The zero-order valence-electron chi connectivity index (χ0n) is 17.6. The van der Waals surface area contributed by atoms with Crippen LogP contribution < -0.4 is 10.6 Å². The number of hydrogen-bond donors (Lipinski definition) is 2. The van der Waals surface area contributed by atoms with Gasteiger partial charge in [-0.15, -0.1) is 10.2 Å². The van der Waals surface area contributed by atoms with E-state index in [1.807, 2.05) is 30.3 Å². The van der Waals surface area contributed by atoms with Crippen LogP contribution in [0.25, 0.3) is 28.0 Å². The summed E-state index contributed by atoms with van der Waals surface area (Å²) < 4.78 is 5.65. The molecule has 7 nitrogen and oxygen atoms in total. The lowest BCUT2D eigenvalue weighted by molar-refractivity contribution is 0.0951. The van der Waals surface area contributed by atoms with Crippen LogP contribution in [0.3, 0.4) is 0 Å². The number of halogens is 3. The molecule has 0 unspecified atom stereocenters. The molecule has 11 heteroatoms. The number of furan rings is 1. The number of anilines is 1. The van der Waals surface area contributed by atoms with Gasteiger partial charge in [0.25, 0.3) is 5.91 Å². The first kappa shape index (κ1) is 23.3. The third-order valence-electron chi connectivity index (χ3n) is 4.98. The van der Waals surface area contributed by atoms with E-state index in [-0.39, 0.29) is 10.9 Å². The second-order valence-corrected chi connectivity index (χ2v) is 8.92. The van der Waals surface area contributed by atoms with Crippen LogP contribution in [0.2, 0.25) is 15.1 Å². The minimum absolute atomic E-state index is 0.0328. The second-order valence-electron chi connectivity index (χ2n) is 7.32. The molecule has 0 radical (unpaired) electrons. The normalized spacial score (nSPS) is 10.9. The maximum absolute atomic E-state index is 12.6. The Hall–Kier alpha value is -3.43. The number of carbonyl (C=O) groups excluding carboxylic acids is 1. The highest BCUT2D eigenvalue weighted by Crippen LogP contribution is 2.34. The Morgan fingerprint density at radius 2 is 1.63 bits per heavy atom. The summed E-state index contributed by atoms with van der Waals surface area (Å²) in [6.45, 7) is 0. The van der Waals surface area contributed by atoms with Crippen LogP contribution in [-0.4, -0.2) is 26.0 Å². The van der Waals surface area contributed by atoms with E-state index >= 15 is 0 Å². The van der Waals surface area contributed by atoms with Crippen molar-refractivity contribution in [2.24, 2.45) is 0 Å². The van der Waals surface area contributed by atoms with Gasteiger partial charge < -0.3 is 9.73 Å². The number of rotatable bonds is 4. The van der Waals surface area contributed by atoms with Crippen LogP contribution in [-0.2, 0) is 0 Å². The largest absolute Gasteiger partial charge is 0.451 e. The molecule has 0 saturated heterocycles. The standard InChI is InChI=1S/C24H14Cl3N5O2S/c25-15-8-4-7-14(22(15)27)20-9-10-21(34-20)23(33)29-24(35)28-17-12-19-18(11-16(17)26)30-32(31-19)13-5-2-1-3-6-13/h1-12H,(H2,28,29,33,35). The number of hydrogen-bond acceptors (Lipinski definition) is 5. The first-order chi connectivity index (χ1) is 16.9. The minimum atomic E-state index is -0.542. The zero-order valence-corrected chi connectivity index (χ0v) is 20.7. The van der Waals surface area contributed by atoms with Crippen molar-refractivity contribution in [3.05, 3.63) is 93.6 Å². The fraction of sp³-hybridized carbons (Fsp3) is 0. The van der Waals surface area contributed by atoms with E-state index in [0.29, 0.717) is 43.1 Å². The van der Waals surface area contributed by atoms with Gasteiger partial charge in [-0.2, -0.15) is 4.80 Å². The van der Waals surface area contributed by atoms with Crippen LogP contribution in [0.5, 0.6) is 0 Å². The number of amides is 1. The predicted octanol–water partition coefficient (Wildman–Crippen LogP) is 6.77. The minimum Gasteiger partial charge on any atom is -0.451 e. The summed E-state index contributed by atoms with van der Waals surface area (Å²) in [6.07, 6.45) is 0. The van der Waals surface area contributed by atoms with Gasteiger partial charge in [0.15, 0.2) is 10.9 Å². The number of nitrogens with zero attached hydrogens (tertiary/aromatic N) is 3. The smallest absolute Gasteiger partial charge is 0.293 e. The van der Waals surface area contributed by atoms with E-state index in [2.05, 4.69) is 20.8 Å². The van der Waals surface area contributed by atoms with E-state index in [4.69, 9.17) is 51.4 Å². The summed E-state index contributed by atoms with van der Waals surface area (Å²) in [5.41, 5.74) is 3.07. The summed E-state index contributed by atoms with van der Waals surface area (Å²) in [5.74, 6) is -0.0943. The van der Waals surface area contributed by atoms with E-state index in [1.165, 1.54) is 10.9 Å². The molecule has 174 valence electrons. The van der Waals surface area contributed by atoms with Crippen LogP contribution in [0.4, 0.5) is 5.69 Å². The van der Waals surface area contributed by atoms with E-state index in [0.717, 1.165) is 5.69 Å². The molecule has 0 bridgehead atoms. The summed E-state index contributed by atoms with van der Waals surface area (Å²) in [6, 6.07) is 21.2. The summed E-state index contributed by atoms with van der Waals surface area (Å²) in [5, 5.41) is 15.5. The lowest BCUT2D eigenvalue weighted by Crippen LogP contribution is -2.33. The molecule has 3 aromatic carbocycles. The predicted molar refractivity (Wildman–Crippen MR) is 142 cm³/mol. The quantitative estimate of drug-likeness (QED) is 0.244. The van der Waals surface area contributed by atoms with Crippen LogP contribution in [0.1, 0.15) is 10.6 Å². The van der Waals surface area contributed by atoms with Crippen LogP contribution >= 0.6 is 47.0 Å². The molecule has 2 N–H and O–H groups in total. The number of para-hydroxylation sites is 1. The maximum atomic E-state index is 12.6. The van der Waals surface area contributed by atoms with Gasteiger partial charge in [-0.1, -0.05) is 59.1 Å². The van der Waals surface area contributed by atoms with Gasteiger partial charge in [-0.25, -0.2) is 0 Å². The molecule has 0 fully saturated rings. The summed E-state index contributed by atoms with van der Waals surface area (Å²) in [4.78, 5) is 14.2. The molecular formula is C24H14Cl3N5O2S. The van der Waals surface area contributed by atoms with E-state index in [9.17, 15) is 4.79 Å². The van der Waals surface area contributed by atoms with Gasteiger partial charge >= 0.3 is 0 Å².